The average molecular weight is 222 g/mol. The van der Waals surface area contributed by atoms with Gasteiger partial charge in [0, 0.05) is 4.70 Å². The monoisotopic (exact) mass is 222 g/mol. The molecule has 1 aromatic carbocycles. The zero-order valence-corrected chi connectivity index (χ0v) is 8.97. The van der Waals surface area contributed by atoms with Gasteiger partial charge in [-0.2, -0.15) is 0 Å². The molecule has 2 aromatic rings. The maximum absolute atomic E-state index is 10.8. The number of carbonyl (C=O) groups is 1. The minimum Gasteiger partial charge on any atom is -0.508 e. The summed E-state index contributed by atoms with van der Waals surface area (Å²) in [5.41, 5.74) is 0.848. The van der Waals surface area contributed by atoms with Crippen LogP contribution in [-0.2, 0) is 6.42 Å². The van der Waals surface area contributed by atoms with Crippen molar-refractivity contribution in [2.75, 3.05) is 0 Å². The molecule has 15 heavy (non-hydrogen) atoms. The smallest absolute Gasteiger partial charge is 0.345 e. The number of thiophene rings is 1. The molecule has 0 saturated heterocycles. The third-order valence-corrected chi connectivity index (χ3v) is 3.40. The van der Waals surface area contributed by atoms with Crippen LogP contribution in [-0.4, -0.2) is 16.2 Å². The van der Waals surface area contributed by atoms with Crippen molar-refractivity contribution in [3.63, 3.8) is 0 Å². The molecule has 4 heteroatoms. The van der Waals surface area contributed by atoms with Crippen LogP contribution in [0.3, 0.4) is 0 Å². The Kier molecular flexibility index (Phi) is 2.36. The van der Waals surface area contributed by atoms with E-state index < -0.39 is 5.97 Å². The topological polar surface area (TPSA) is 57.5 Å². The van der Waals surface area contributed by atoms with Gasteiger partial charge in [-0.15, -0.1) is 11.3 Å². The van der Waals surface area contributed by atoms with Crippen molar-refractivity contribution in [3.8, 4) is 5.75 Å². The Balaban J connectivity index is 2.66. The Bertz CT molecular complexity index is 528. The summed E-state index contributed by atoms with van der Waals surface area (Å²) in [6.45, 7) is 1.95. The summed E-state index contributed by atoms with van der Waals surface area (Å²) in [4.78, 5) is 11.1. The number of phenols is 1. The first kappa shape index (κ1) is 9.98. The molecule has 3 nitrogen and oxygen atoms in total. The predicted molar refractivity (Wildman–Crippen MR) is 59.8 cm³/mol. The van der Waals surface area contributed by atoms with E-state index in [0.717, 1.165) is 22.1 Å². The number of fused-ring (bicyclic) bond motifs is 1. The maximum atomic E-state index is 10.8. The SMILES string of the molecule is CCc1cc2sc(C(=O)O)cc2cc1O. The van der Waals surface area contributed by atoms with E-state index in [0.29, 0.717) is 4.88 Å². The number of carboxylic acid groups (broad SMARTS) is 1. The normalized spacial score (nSPS) is 10.7. The number of phenolic OH excluding ortho intramolecular Hbond substituents is 1. The first-order valence-corrected chi connectivity index (χ1v) is 5.42. The van der Waals surface area contributed by atoms with Crippen LogP contribution in [0.1, 0.15) is 22.2 Å². The lowest BCUT2D eigenvalue weighted by molar-refractivity contribution is 0.0702. The zero-order chi connectivity index (χ0) is 11.0. The molecule has 2 rings (SSSR count). The summed E-state index contributed by atoms with van der Waals surface area (Å²) in [7, 11) is 0. The Morgan fingerprint density at radius 1 is 1.40 bits per heavy atom. The Morgan fingerprint density at radius 3 is 2.73 bits per heavy atom. The van der Waals surface area contributed by atoms with Crippen molar-refractivity contribution >= 4 is 27.4 Å². The van der Waals surface area contributed by atoms with Crippen molar-refractivity contribution < 1.29 is 15.0 Å². The van der Waals surface area contributed by atoms with Gasteiger partial charge in [0.1, 0.15) is 10.6 Å². The molecule has 2 N–H and O–H groups in total. The van der Waals surface area contributed by atoms with Crippen LogP contribution >= 0.6 is 11.3 Å². The fourth-order valence-corrected chi connectivity index (χ4v) is 2.45. The van der Waals surface area contributed by atoms with E-state index in [9.17, 15) is 9.90 Å². The van der Waals surface area contributed by atoms with Gasteiger partial charge < -0.3 is 10.2 Å². The predicted octanol–water partition coefficient (Wildman–Crippen LogP) is 2.87. The molecule has 0 atom stereocenters. The second-order valence-electron chi connectivity index (χ2n) is 3.29. The number of aryl methyl sites for hydroxylation is 1. The van der Waals surface area contributed by atoms with Gasteiger partial charge in [-0.1, -0.05) is 6.92 Å². The van der Waals surface area contributed by atoms with Gasteiger partial charge in [0.25, 0.3) is 0 Å². The number of rotatable bonds is 2. The van der Waals surface area contributed by atoms with Crippen LogP contribution in [0, 0.1) is 0 Å². The highest BCUT2D eigenvalue weighted by atomic mass is 32.1. The maximum Gasteiger partial charge on any atom is 0.345 e. The molecule has 0 aliphatic carbocycles. The van der Waals surface area contributed by atoms with E-state index in [4.69, 9.17) is 5.11 Å². The van der Waals surface area contributed by atoms with E-state index in [2.05, 4.69) is 0 Å². The van der Waals surface area contributed by atoms with Crippen LogP contribution in [0.5, 0.6) is 5.75 Å². The Hall–Kier alpha value is -1.55. The third-order valence-electron chi connectivity index (χ3n) is 2.31. The molecule has 0 unspecified atom stereocenters. The summed E-state index contributed by atoms with van der Waals surface area (Å²) in [5, 5.41) is 19.2. The molecule has 0 aliphatic heterocycles. The van der Waals surface area contributed by atoms with Crippen LogP contribution < -0.4 is 0 Å². The summed E-state index contributed by atoms with van der Waals surface area (Å²) in [6.07, 6.45) is 0.738. The summed E-state index contributed by atoms with van der Waals surface area (Å²) in [5.74, 6) is -0.687. The van der Waals surface area contributed by atoms with Crippen molar-refractivity contribution in [1.82, 2.24) is 0 Å². The highest BCUT2D eigenvalue weighted by Gasteiger charge is 2.10. The van der Waals surface area contributed by atoms with Gasteiger partial charge in [0.05, 0.1) is 0 Å². The molecule has 1 aromatic heterocycles. The van der Waals surface area contributed by atoms with E-state index in [-0.39, 0.29) is 5.75 Å². The van der Waals surface area contributed by atoms with Crippen LogP contribution in [0.2, 0.25) is 0 Å². The van der Waals surface area contributed by atoms with Crippen molar-refractivity contribution in [1.29, 1.82) is 0 Å². The number of aromatic carboxylic acids is 1. The minimum absolute atomic E-state index is 0.236. The zero-order valence-electron chi connectivity index (χ0n) is 8.15. The second-order valence-corrected chi connectivity index (χ2v) is 4.37. The van der Waals surface area contributed by atoms with Gasteiger partial charge in [-0.25, -0.2) is 4.79 Å². The van der Waals surface area contributed by atoms with Crippen LogP contribution in [0.25, 0.3) is 10.1 Å². The van der Waals surface area contributed by atoms with E-state index >= 15 is 0 Å². The average Bonchev–Trinajstić information content (AvgIpc) is 2.59. The molecular formula is C11H10O3S. The number of aromatic hydroxyl groups is 1. The first-order valence-electron chi connectivity index (χ1n) is 4.60. The molecule has 0 saturated carbocycles. The van der Waals surface area contributed by atoms with Gasteiger partial charge in [-0.3, -0.25) is 0 Å². The molecule has 0 bridgehead atoms. The van der Waals surface area contributed by atoms with Gasteiger partial charge >= 0.3 is 5.97 Å². The van der Waals surface area contributed by atoms with E-state index in [1.165, 1.54) is 11.3 Å². The van der Waals surface area contributed by atoms with Crippen molar-refractivity contribution in [2.24, 2.45) is 0 Å². The van der Waals surface area contributed by atoms with E-state index in [1.54, 1.807) is 12.1 Å². The Labute approximate surface area is 90.6 Å². The molecule has 78 valence electrons. The van der Waals surface area contributed by atoms with E-state index in [1.807, 2.05) is 13.0 Å². The molecule has 0 spiro atoms. The fraction of sp³-hybridized carbons (Fsp3) is 0.182. The highest BCUT2D eigenvalue weighted by Crippen LogP contribution is 2.31. The molecule has 0 fully saturated rings. The largest absolute Gasteiger partial charge is 0.508 e. The van der Waals surface area contributed by atoms with Gasteiger partial charge in [-0.05, 0) is 35.6 Å². The number of benzene rings is 1. The number of hydrogen-bond donors (Lipinski definition) is 2. The van der Waals surface area contributed by atoms with Crippen molar-refractivity contribution in [3.05, 3.63) is 28.6 Å². The summed E-state index contributed by atoms with van der Waals surface area (Å²) >= 11 is 1.23. The highest BCUT2D eigenvalue weighted by molar-refractivity contribution is 7.20. The summed E-state index contributed by atoms with van der Waals surface area (Å²) < 4.78 is 0.905. The standard InChI is InChI=1S/C11H10O3S/c1-2-6-4-9-7(3-8(6)12)5-10(15-9)11(13)14/h3-5,12H,2H2,1H3,(H,13,14). The van der Waals surface area contributed by atoms with Crippen molar-refractivity contribution in [2.45, 2.75) is 13.3 Å². The van der Waals surface area contributed by atoms with Crippen LogP contribution in [0.4, 0.5) is 0 Å². The first-order chi connectivity index (χ1) is 7.11. The molecule has 1 heterocycles. The van der Waals surface area contributed by atoms with Crippen LogP contribution in [0.15, 0.2) is 18.2 Å². The lowest BCUT2D eigenvalue weighted by atomic mass is 10.1. The second kappa shape index (κ2) is 3.55. The Morgan fingerprint density at radius 2 is 2.13 bits per heavy atom. The molecule has 0 aliphatic rings. The summed E-state index contributed by atoms with van der Waals surface area (Å²) in [6, 6.07) is 5.06. The number of carboxylic acids is 1. The van der Waals surface area contributed by atoms with Gasteiger partial charge in [0.2, 0.25) is 0 Å². The molecule has 0 amide bonds. The fourth-order valence-electron chi connectivity index (χ4n) is 1.51. The third kappa shape index (κ3) is 1.68. The minimum atomic E-state index is -0.922. The van der Waals surface area contributed by atoms with Gasteiger partial charge in [0.15, 0.2) is 0 Å². The molecular weight excluding hydrogens is 212 g/mol. The number of hydrogen-bond acceptors (Lipinski definition) is 3. The lowest BCUT2D eigenvalue weighted by Gasteiger charge is -2.00. The molecule has 0 radical (unpaired) electrons. The quantitative estimate of drug-likeness (QED) is 0.821. The lowest BCUT2D eigenvalue weighted by Crippen LogP contribution is -1.89.